The van der Waals surface area contributed by atoms with E-state index in [0.717, 1.165) is 36.8 Å². The van der Waals surface area contributed by atoms with Crippen LogP contribution in [0.25, 0.3) is 0 Å². The second kappa shape index (κ2) is 5.31. The highest BCUT2D eigenvalue weighted by atomic mass is 35.5. The van der Waals surface area contributed by atoms with E-state index in [2.05, 4.69) is 16.3 Å². The van der Waals surface area contributed by atoms with Gasteiger partial charge in [-0.3, -0.25) is 4.90 Å². The second-order valence-corrected chi connectivity index (χ2v) is 4.32. The van der Waals surface area contributed by atoms with Crippen LogP contribution < -0.4 is 5.32 Å². The maximum absolute atomic E-state index is 9.04. The molecule has 16 heavy (non-hydrogen) atoms. The largest absolute Gasteiger partial charge is 0.313 e. The first-order valence-corrected chi connectivity index (χ1v) is 5.77. The van der Waals surface area contributed by atoms with Crippen molar-refractivity contribution >= 4 is 11.6 Å². The van der Waals surface area contributed by atoms with Crippen molar-refractivity contribution in [3.8, 4) is 6.07 Å². The van der Waals surface area contributed by atoms with Crippen molar-refractivity contribution < 1.29 is 0 Å². The lowest BCUT2D eigenvalue weighted by Gasteiger charge is -2.32. The van der Waals surface area contributed by atoms with Gasteiger partial charge in [0.05, 0.1) is 6.07 Å². The quantitative estimate of drug-likeness (QED) is 0.847. The third kappa shape index (κ3) is 2.53. The SMILES string of the molecule is N#CC1CNCCN1Cc1ccccc1Cl. The van der Waals surface area contributed by atoms with Crippen molar-refractivity contribution in [2.75, 3.05) is 19.6 Å². The van der Waals surface area contributed by atoms with E-state index in [4.69, 9.17) is 16.9 Å². The number of nitrogens with zero attached hydrogens (tertiary/aromatic N) is 2. The van der Waals surface area contributed by atoms with E-state index in [1.54, 1.807) is 0 Å². The van der Waals surface area contributed by atoms with E-state index in [-0.39, 0.29) is 6.04 Å². The highest BCUT2D eigenvalue weighted by Gasteiger charge is 2.21. The Kier molecular flexibility index (Phi) is 3.79. The van der Waals surface area contributed by atoms with Crippen molar-refractivity contribution in [3.63, 3.8) is 0 Å². The van der Waals surface area contributed by atoms with Crippen molar-refractivity contribution in [3.05, 3.63) is 34.9 Å². The number of rotatable bonds is 2. The number of nitriles is 1. The van der Waals surface area contributed by atoms with Crippen LogP contribution in [0.2, 0.25) is 5.02 Å². The molecule has 1 N–H and O–H groups in total. The van der Waals surface area contributed by atoms with E-state index >= 15 is 0 Å². The first-order chi connectivity index (χ1) is 7.81. The van der Waals surface area contributed by atoms with Gasteiger partial charge in [0.1, 0.15) is 6.04 Å². The predicted molar refractivity (Wildman–Crippen MR) is 64.1 cm³/mol. The Bertz CT molecular complexity index is 399. The summed E-state index contributed by atoms with van der Waals surface area (Å²) >= 11 is 6.11. The molecule has 1 aliphatic heterocycles. The molecule has 3 nitrogen and oxygen atoms in total. The number of nitrogens with one attached hydrogen (secondary N) is 1. The minimum Gasteiger partial charge on any atom is -0.313 e. The van der Waals surface area contributed by atoms with Crippen molar-refractivity contribution in [1.29, 1.82) is 5.26 Å². The molecule has 0 saturated carbocycles. The first kappa shape index (κ1) is 11.4. The Morgan fingerprint density at radius 2 is 2.31 bits per heavy atom. The Balaban J connectivity index is 2.09. The highest BCUT2D eigenvalue weighted by molar-refractivity contribution is 6.31. The zero-order chi connectivity index (χ0) is 11.4. The zero-order valence-electron chi connectivity index (χ0n) is 8.99. The Morgan fingerprint density at radius 1 is 1.50 bits per heavy atom. The standard InChI is InChI=1S/C12H14ClN3/c13-12-4-2-1-3-10(12)9-16-6-5-15-8-11(16)7-14/h1-4,11,15H,5-6,8-9H2. The molecule has 0 radical (unpaired) electrons. The summed E-state index contributed by atoms with van der Waals surface area (Å²) in [6, 6.07) is 10.1. The molecule has 0 amide bonds. The molecule has 0 bridgehead atoms. The first-order valence-electron chi connectivity index (χ1n) is 5.39. The summed E-state index contributed by atoms with van der Waals surface area (Å²) in [4.78, 5) is 2.16. The maximum Gasteiger partial charge on any atom is 0.111 e. The van der Waals surface area contributed by atoms with E-state index < -0.39 is 0 Å². The van der Waals surface area contributed by atoms with Crippen LogP contribution in [0.4, 0.5) is 0 Å². The van der Waals surface area contributed by atoms with Crippen LogP contribution in [0.5, 0.6) is 0 Å². The molecule has 1 heterocycles. The molecule has 84 valence electrons. The van der Waals surface area contributed by atoms with E-state index in [9.17, 15) is 0 Å². The molecular formula is C12H14ClN3. The van der Waals surface area contributed by atoms with Crippen LogP contribution in [0.15, 0.2) is 24.3 Å². The molecule has 1 atom stereocenters. The molecule has 1 aromatic rings. The Morgan fingerprint density at radius 3 is 3.06 bits per heavy atom. The van der Waals surface area contributed by atoms with Crippen LogP contribution in [0.1, 0.15) is 5.56 Å². The van der Waals surface area contributed by atoms with E-state index in [1.807, 2.05) is 24.3 Å². The van der Waals surface area contributed by atoms with Gasteiger partial charge in [-0.25, -0.2) is 0 Å². The fourth-order valence-corrected chi connectivity index (χ4v) is 2.10. The summed E-state index contributed by atoms with van der Waals surface area (Å²) < 4.78 is 0. The molecule has 1 aliphatic rings. The lowest BCUT2D eigenvalue weighted by atomic mass is 10.1. The van der Waals surface area contributed by atoms with Gasteiger partial charge >= 0.3 is 0 Å². The molecule has 1 fully saturated rings. The van der Waals surface area contributed by atoms with Gasteiger partial charge in [-0.15, -0.1) is 0 Å². The van der Waals surface area contributed by atoms with Crippen LogP contribution in [-0.2, 0) is 6.54 Å². The molecule has 4 heteroatoms. The second-order valence-electron chi connectivity index (χ2n) is 3.91. The molecular weight excluding hydrogens is 222 g/mol. The third-order valence-electron chi connectivity index (χ3n) is 2.83. The molecule has 1 aromatic carbocycles. The van der Waals surface area contributed by atoms with Gasteiger partial charge in [0.15, 0.2) is 0 Å². The predicted octanol–water partition coefficient (Wildman–Crippen LogP) is 1.64. The fourth-order valence-electron chi connectivity index (χ4n) is 1.91. The summed E-state index contributed by atoms with van der Waals surface area (Å²) in [6.45, 7) is 3.31. The number of hydrogen-bond donors (Lipinski definition) is 1. The lowest BCUT2D eigenvalue weighted by molar-refractivity contribution is 0.189. The molecule has 0 aromatic heterocycles. The topological polar surface area (TPSA) is 39.1 Å². The average molecular weight is 236 g/mol. The number of hydrogen-bond acceptors (Lipinski definition) is 3. The third-order valence-corrected chi connectivity index (χ3v) is 3.20. The minimum atomic E-state index is -0.0509. The number of halogens is 1. The smallest absolute Gasteiger partial charge is 0.111 e. The molecule has 0 aliphatic carbocycles. The van der Waals surface area contributed by atoms with E-state index in [1.165, 1.54) is 0 Å². The summed E-state index contributed by atoms with van der Waals surface area (Å²) in [6.07, 6.45) is 0. The van der Waals surface area contributed by atoms with Gasteiger partial charge in [-0.2, -0.15) is 5.26 Å². The maximum atomic E-state index is 9.04. The Hall–Kier alpha value is -1.08. The van der Waals surface area contributed by atoms with Gasteiger partial charge in [-0.05, 0) is 11.6 Å². The number of benzene rings is 1. The minimum absolute atomic E-state index is 0.0509. The molecule has 1 saturated heterocycles. The highest BCUT2D eigenvalue weighted by Crippen LogP contribution is 2.18. The van der Waals surface area contributed by atoms with Crippen LogP contribution >= 0.6 is 11.6 Å². The van der Waals surface area contributed by atoms with Crippen molar-refractivity contribution in [1.82, 2.24) is 10.2 Å². The van der Waals surface area contributed by atoms with Gasteiger partial charge in [0.25, 0.3) is 0 Å². The Labute approximate surface area is 101 Å². The van der Waals surface area contributed by atoms with Gasteiger partial charge in [0, 0.05) is 31.2 Å². The fraction of sp³-hybridized carbons (Fsp3) is 0.417. The monoisotopic (exact) mass is 235 g/mol. The van der Waals surface area contributed by atoms with Crippen LogP contribution in [0, 0.1) is 11.3 Å². The van der Waals surface area contributed by atoms with Crippen LogP contribution in [0.3, 0.4) is 0 Å². The number of piperazine rings is 1. The normalized spacial score (nSPS) is 21.6. The summed E-state index contributed by atoms with van der Waals surface area (Å²) in [5.74, 6) is 0. The lowest BCUT2D eigenvalue weighted by Crippen LogP contribution is -2.50. The molecule has 1 unspecified atom stereocenters. The summed E-state index contributed by atoms with van der Waals surface area (Å²) in [7, 11) is 0. The summed E-state index contributed by atoms with van der Waals surface area (Å²) in [5, 5.41) is 13.0. The van der Waals surface area contributed by atoms with E-state index in [0.29, 0.717) is 0 Å². The van der Waals surface area contributed by atoms with Gasteiger partial charge in [-0.1, -0.05) is 29.8 Å². The van der Waals surface area contributed by atoms with Crippen molar-refractivity contribution in [2.45, 2.75) is 12.6 Å². The zero-order valence-corrected chi connectivity index (χ0v) is 9.74. The van der Waals surface area contributed by atoms with Crippen molar-refractivity contribution in [2.24, 2.45) is 0 Å². The molecule has 2 rings (SSSR count). The van der Waals surface area contributed by atoms with Gasteiger partial charge in [0.2, 0.25) is 0 Å². The van der Waals surface area contributed by atoms with Gasteiger partial charge < -0.3 is 5.32 Å². The average Bonchev–Trinajstić information content (AvgIpc) is 2.33. The molecule has 0 spiro atoms. The summed E-state index contributed by atoms with van der Waals surface area (Å²) in [5.41, 5.74) is 1.09. The van der Waals surface area contributed by atoms with Crippen LogP contribution in [-0.4, -0.2) is 30.6 Å².